The van der Waals surface area contributed by atoms with E-state index in [1.807, 2.05) is 18.2 Å². The Bertz CT molecular complexity index is 389. The third-order valence-electron chi connectivity index (χ3n) is 3.19. The van der Waals surface area contributed by atoms with Crippen molar-refractivity contribution in [2.75, 3.05) is 19.8 Å². The van der Waals surface area contributed by atoms with Crippen molar-refractivity contribution in [2.24, 2.45) is 5.73 Å². The summed E-state index contributed by atoms with van der Waals surface area (Å²) in [7, 11) is 0. The summed E-state index contributed by atoms with van der Waals surface area (Å²) in [5, 5.41) is 0. The standard InChI is InChI=1S/C15H23NO3/c1-2-7-18-14-4-3-12(11-16)15(10-14)19-13-5-8-17-9-6-13/h3-4,10,13H,2,5-9,11,16H2,1H3. The lowest BCUT2D eigenvalue weighted by Crippen LogP contribution is -2.26. The van der Waals surface area contributed by atoms with Crippen LogP contribution in [0.4, 0.5) is 0 Å². The van der Waals surface area contributed by atoms with Crippen molar-refractivity contribution < 1.29 is 14.2 Å². The molecule has 1 aliphatic heterocycles. The first-order valence-corrected chi connectivity index (χ1v) is 7.03. The first kappa shape index (κ1) is 14.2. The molecule has 106 valence electrons. The van der Waals surface area contributed by atoms with Crippen molar-refractivity contribution in [3.63, 3.8) is 0 Å². The van der Waals surface area contributed by atoms with Gasteiger partial charge in [-0.3, -0.25) is 0 Å². The molecule has 0 spiro atoms. The number of ether oxygens (including phenoxy) is 3. The highest BCUT2D eigenvalue weighted by atomic mass is 16.5. The fraction of sp³-hybridized carbons (Fsp3) is 0.600. The lowest BCUT2D eigenvalue weighted by Gasteiger charge is -2.24. The van der Waals surface area contributed by atoms with Gasteiger partial charge in [-0.25, -0.2) is 0 Å². The van der Waals surface area contributed by atoms with Gasteiger partial charge in [0.25, 0.3) is 0 Å². The van der Waals surface area contributed by atoms with E-state index in [1.54, 1.807) is 0 Å². The first-order valence-electron chi connectivity index (χ1n) is 7.03. The molecule has 2 N–H and O–H groups in total. The lowest BCUT2D eigenvalue weighted by molar-refractivity contribution is 0.0251. The third-order valence-corrected chi connectivity index (χ3v) is 3.19. The van der Waals surface area contributed by atoms with E-state index in [9.17, 15) is 0 Å². The molecule has 1 aromatic rings. The minimum atomic E-state index is 0.223. The van der Waals surface area contributed by atoms with Gasteiger partial charge in [-0.15, -0.1) is 0 Å². The molecule has 4 nitrogen and oxygen atoms in total. The Kier molecular flexibility index (Phi) is 5.48. The molecule has 0 bridgehead atoms. The quantitative estimate of drug-likeness (QED) is 0.858. The van der Waals surface area contributed by atoms with E-state index in [0.717, 1.165) is 56.1 Å². The summed E-state index contributed by atoms with van der Waals surface area (Å²) in [4.78, 5) is 0. The van der Waals surface area contributed by atoms with Crippen LogP contribution in [-0.2, 0) is 11.3 Å². The number of benzene rings is 1. The largest absolute Gasteiger partial charge is 0.493 e. The van der Waals surface area contributed by atoms with Gasteiger partial charge in [0.2, 0.25) is 0 Å². The van der Waals surface area contributed by atoms with Crippen molar-refractivity contribution >= 4 is 0 Å². The highest BCUT2D eigenvalue weighted by molar-refractivity contribution is 5.40. The smallest absolute Gasteiger partial charge is 0.127 e. The van der Waals surface area contributed by atoms with Crippen LogP contribution < -0.4 is 15.2 Å². The first-order chi connectivity index (χ1) is 9.33. The maximum absolute atomic E-state index is 6.06. The summed E-state index contributed by atoms with van der Waals surface area (Å²) in [6, 6.07) is 5.89. The molecular formula is C15H23NO3. The number of nitrogens with two attached hydrogens (primary N) is 1. The third kappa shape index (κ3) is 4.11. The van der Waals surface area contributed by atoms with Crippen LogP contribution in [0.5, 0.6) is 11.5 Å². The monoisotopic (exact) mass is 265 g/mol. The highest BCUT2D eigenvalue weighted by Crippen LogP contribution is 2.27. The molecule has 1 heterocycles. The molecule has 0 unspecified atom stereocenters. The van der Waals surface area contributed by atoms with Gasteiger partial charge in [0.1, 0.15) is 17.6 Å². The molecule has 0 saturated carbocycles. The molecule has 0 atom stereocenters. The lowest BCUT2D eigenvalue weighted by atomic mass is 10.1. The topological polar surface area (TPSA) is 53.7 Å². The van der Waals surface area contributed by atoms with E-state index in [2.05, 4.69) is 6.92 Å². The fourth-order valence-corrected chi connectivity index (χ4v) is 2.10. The Morgan fingerprint density at radius 2 is 2.11 bits per heavy atom. The van der Waals surface area contributed by atoms with Gasteiger partial charge in [0.15, 0.2) is 0 Å². The van der Waals surface area contributed by atoms with Gasteiger partial charge in [0.05, 0.1) is 19.8 Å². The zero-order chi connectivity index (χ0) is 13.5. The van der Waals surface area contributed by atoms with Gasteiger partial charge in [-0.05, 0) is 12.5 Å². The molecule has 1 saturated heterocycles. The minimum Gasteiger partial charge on any atom is -0.493 e. The predicted molar refractivity (Wildman–Crippen MR) is 74.6 cm³/mol. The second kappa shape index (κ2) is 7.36. The molecule has 1 fully saturated rings. The average Bonchev–Trinajstić information content (AvgIpc) is 2.46. The molecule has 4 heteroatoms. The maximum Gasteiger partial charge on any atom is 0.127 e. The molecule has 0 aliphatic carbocycles. The van der Waals surface area contributed by atoms with Gasteiger partial charge >= 0.3 is 0 Å². The molecule has 19 heavy (non-hydrogen) atoms. The fourth-order valence-electron chi connectivity index (χ4n) is 2.10. The summed E-state index contributed by atoms with van der Waals surface area (Å²) in [6.45, 7) is 4.84. The Labute approximate surface area is 114 Å². The van der Waals surface area contributed by atoms with E-state index >= 15 is 0 Å². The molecule has 0 amide bonds. The second-order valence-corrected chi connectivity index (χ2v) is 4.75. The van der Waals surface area contributed by atoms with E-state index < -0.39 is 0 Å². The summed E-state index contributed by atoms with van der Waals surface area (Å²) in [5.74, 6) is 1.70. The molecular weight excluding hydrogens is 242 g/mol. The van der Waals surface area contributed by atoms with Crippen molar-refractivity contribution in [3.05, 3.63) is 23.8 Å². The Morgan fingerprint density at radius 3 is 2.79 bits per heavy atom. The van der Waals surface area contributed by atoms with Crippen LogP contribution in [0.3, 0.4) is 0 Å². The van der Waals surface area contributed by atoms with Crippen LogP contribution in [0, 0.1) is 0 Å². The molecule has 0 radical (unpaired) electrons. The second-order valence-electron chi connectivity index (χ2n) is 4.75. The predicted octanol–water partition coefficient (Wildman–Crippen LogP) is 2.49. The van der Waals surface area contributed by atoms with E-state index in [0.29, 0.717) is 6.54 Å². The van der Waals surface area contributed by atoms with E-state index in [1.165, 1.54) is 0 Å². The van der Waals surface area contributed by atoms with Crippen molar-refractivity contribution in [1.82, 2.24) is 0 Å². The molecule has 1 aromatic carbocycles. The molecule has 0 aromatic heterocycles. The van der Waals surface area contributed by atoms with E-state index in [4.69, 9.17) is 19.9 Å². The van der Waals surface area contributed by atoms with Crippen molar-refractivity contribution in [1.29, 1.82) is 0 Å². The van der Waals surface area contributed by atoms with Gasteiger partial charge < -0.3 is 19.9 Å². The van der Waals surface area contributed by atoms with Gasteiger partial charge in [0, 0.05) is 31.0 Å². The molecule has 1 aliphatic rings. The van der Waals surface area contributed by atoms with Crippen molar-refractivity contribution in [2.45, 2.75) is 38.8 Å². The van der Waals surface area contributed by atoms with Gasteiger partial charge in [-0.1, -0.05) is 13.0 Å². The van der Waals surface area contributed by atoms with Crippen LogP contribution in [-0.4, -0.2) is 25.9 Å². The van der Waals surface area contributed by atoms with Crippen LogP contribution in [0.1, 0.15) is 31.7 Å². The van der Waals surface area contributed by atoms with Crippen LogP contribution >= 0.6 is 0 Å². The van der Waals surface area contributed by atoms with Crippen LogP contribution in [0.2, 0.25) is 0 Å². The Hall–Kier alpha value is -1.26. The summed E-state index contributed by atoms with van der Waals surface area (Å²) < 4.78 is 17.0. The molecule has 2 rings (SSSR count). The maximum atomic E-state index is 6.06. The minimum absolute atomic E-state index is 0.223. The van der Waals surface area contributed by atoms with Crippen LogP contribution in [0.25, 0.3) is 0 Å². The summed E-state index contributed by atoms with van der Waals surface area (Å²) in [5.41, 5.74) is 6.78. The zero-order valence-corrected chi connectivity index (χ0v) is 11.6. The van der Waals surface area contributed by atoms with Crippen LogP contribution in [0.15, 0.2) is 18.2 Å². The highest BCUT2D eigenvalue weighted by Gasteiger charge is 2.17. The number of hydrogen-bond acceptors (Lipinski definition) is 4. The number of rotatable bonds is 6. The van der Waals surface area contributed by atoms with E-state index in [-0.39, 0.29) is 6.10 Å². The number of hydrogen-bond donors (Lipinski definition) is 1. The normalized spacial score (nSPS) is 16.3. The Morgan fingerprint density at radius 1 is 1.32 bits per heavy atom. The zero-order valence-electron chi connectivity index (χ0n) is 11.6. The summed E-state index contributed by atoms with van der Waals surface area (Å²) in [6.07, 6.45) is 3.09. The SMILES string of the molecule is CCCOc1ccc(CN)c(OC2CCOCC2)c1. The summed E-state index contributed by atoms with van der Waals surface area (Å²) >= 11 is 0. The van der Waals surface area contributed by atoms with Gasteiger partial charge in [-0.2, -0.15) is 0 Å². The average molecular weight is 265 g/mol. The van der Waals surface area contributed by atoms with Crippen molar-refractivity contribution in [3.8, 4) is 11.5 Å². The Balaban J connectivity index is 2.06.